The molecule has 0 bridgehead atoms. The largest absolute Gasteiger partial charge is 0.507 e. The Morgan fingerprint density at radius 1 is 1.13 bits per heavy atom. The van der Waals surface area contributed by atoms with Crippen molar-refractivity contribution in [3.8, 4) is 11.5 Å². The Bertz CT molecular complexity index is 903. The van der Waals surface area contributed by atoms with Gasteiger partial charge in [0.1, 0.15) is 18.1 Å². The lowest BCUT2D eigenvalue weighted by Crippen LogP contribution is -2.16. The van der Waals surface area contributed by atoms with Gasteiger partial charge in [-0.3, -0.25) is 0 Å². The molecular formula is C27H34O4. The van der Waals surface area contributed by atoms with Crippen molar-refractivity contribution in [3.05, 3.63) is 88.5 Å². The maximum atomic E-state index is 10.8. The maximum Gasteiger partial charge on any atom is 0.121 e. The first-order valence-electron chi connectivity index (χ1n) is 10.7. The van der Waals surface area contributed by atoms with E-state index in [-0.39, 0.29) is 13.2 Å². The van der Waals surface area contributed by atoms with Crippen LogP contribution in [-0.4, -0.2) is 34.6 Å². The summed E-state index contributed by atoms with van der Waals surface area (Å²) in [6.45, 7) is 10.0. The Balaban J connectivity index is 2.03. The van der Waals surface area contributed by atoms with E-state index in [0.29, 0.717) is 29.7 Å². The minimum Gasteiger partial charge on any atom is -0.507 e. The average molecular weight is 423 g/mol. The predicted molar refractivity (Wildman–Crippen MR) is 127 cm³/mol. The van der Waals surface area contributed by atoms with E-state index in [0.717, 1.165) is 28.9 Å². The highest BCUT2D eigenvalue weighted by atomic mass is 16.5. The number of para-hydroxylation sites is 1. The summed E-state index contributed by atoms with van der Waals surface area (Å²) in [5.74, 6) is 1.07. The number of phenolic OH excluding ortho intramolecular Hbond substituents is 1. The normalized spacial score (nSPS) is 13.2. The van der Waals surface area contributed by atoms with Gasteiger partial charge in [0, 0.05) is 0 Å². The van der Waals surface area contributed by atoms with Crippen molar-refractivity contribution in [1.29, 1.82) is 0 Å². The van der Waals surface area contributed by atoms with Gasteiger partial charge in [-0.25, -0.2) is 0 Å². The number of aliphatic hydroxyl groups is 2. The van der Waals surface area contributed by atoms with Crippen molar-refractivity contribution < 1.29 is 20.1 Å². The third-order valence-electron chi connectivity index (χ3n) is 5.31. The van der Waals surface area contributed by atoms with Crippen LogP contribution < -0.4 is 4.74 Å². The second-order valence-electron chi connectivity index (χ2n) is 7.76. The zero-order valence-corrected chi connectivity index (χ0v) is 18.8. The van der Waals surface area contributed by atoms with Gasteiger partial charge < -0.3 is 20.1 Å². The molecule has 1 atom stereocenters. The maximum absolute atomic E-state index is 10.8. The third-order valence-corrected chi connectivity index (χ3v) is 5.31. The van der Waals surface area contributed by atoms with E-state index in [1.165, 1.54) is 5.57 Å². The highest BCUT2D eigenvalue weighted by Crippen LogP contribution is 2.26. The Morgan fingerprint density at radius 3 is 2.35 bits per heavy atom. The monoisotopic (exact) mass is 422 g/mol. The number of ether oxygens (including phenoxy) is 1. The standard InChI is InChI=1S/C27H34O4/c1-5-22(17-23-15-19(2)27(30)20(3)16-23)11-12-26(29)25(13-14-28)21(4)18-31-24-9-7-6-8-10-24/h6-10,13,15-17,26,28-30H,4-5,11-12,14,18H2,1-3H3/b22-17+,25-13-. The fourth-order valence-electron chi connectivity index (χ4n) is 3.52. The van der Waals surface area contributed by atoms with Gasteiger partial charge in [-0.2, -0.15) is 0 Å². The molecule has 0 spiro atoms. The van der Waals surface area contributed by atoms with Gasteiger partial charge in [-0.15, -0.1) is 0 Å². The second-order valence-corrected chi connectivity index (χ2v) is 7.76. The quantitative estimate of drug-likeness (QED) is 0.418. The van der Waals surface area contributed by atoms with Crippen molar-refractivity contribution in [2.45, 2.75) is 46.1 Å². The first kappa shape index (κ1) is 24.4. The Kier molecular flexibility index (Phi) is 9.57. The van der Waals surface area contributed by atoms with Gasteiger partial charge in [0.15, 0.2) is 0 Å². The minimum absolute atomic E-state index is 0.167. The summed E-state index contributed by atoms with van der Waals surface area (Å²) in [5, 5.41) is 30.2. The Hall–Kier alpha value is -2.82. The highest BCUT2D eigenvalue weighted by Gasteiger charge is 2.15. The highest BCUT2D eigenvalue weighted by molar-refractivity contribution is 5.58. The molecule has 0 heterocycles. The lowest BCUT2D eigenvalue weighted by atomic mass is 9.94. The van der Waals surface area contributed by atoms with Crippen LogP contribution in [-0.2, 0) is 0 Å². The van der Waals surface area contributed by atoms with Crippen LogP contribution in [0.4, 0.5) is 0 Å². The average Bonchev–Trinajstić information content (AvgIpc) is 2.77. The molecule has 2 aromatic carbocycles. The smallest absolute Gasteiger partial charge is 0.121 e. The van der Waals surface area contributed by atoms with Crippen molar-refractivity contribution >= 4 is 6.08 Å². The molecule has 4 heteroatoms. The molecule has 3 N–H and O–H groups in total. The van der Waals surface area contributed by atoms with Crippen LogP contribution >= 0.6 is 0 Å². The molecule has 0 aliphatic heterocycles. The predicted octanol–water partition coefficient (Wildman–Crippen LogP) is 5.50. The number of aliphatic hydroxyl groups excluding tert-OH is 2. The summed E-state index contributed by atoms with van der Waals surface area (Å²) in [7, 11) is 0. The summed E-state index contributed by atoms with van der Waals surface area (Å²) in [5.41, 5.74) is 5.22. The number of hydrogen-bond donors (Lipinski definition) is 3. The van der Waals surface area contributed by atoms with Gasteiger partial charge in [0.25, 0.3) is 0 Å². The molecule has 0 saturated heterocycles. The molecule has 2 rings (SSSR count). The fraction of sp³-hybridized carbons (Fsp3) is 0.333. The molecule has 31 heavy (non-hydrogen) atoms. The summed E-state index contributed by atoms with van der Waals surface area (Å²) in [4.78, 5) is 0. The van der Waals surface area contributed by atoms with Gasteiger partial charge in [-0.05, 0) is 85.2 Å². The van der Waals surface area contributed by atoms with E-state index in [1.807, 2.05) is 56.3 Å². The van der Waals surface area contributed by atoms with Crippen molar-refractivity contribution in [2.75, 3.05) is 13.2 Å². The third kappa shape index (κ3) is 7.42. The van der Waals surface area contributed by atoms with E-state index in [1.54, 1.807) is 6.08 Å². The molecule has 0 saturated carbocycles. The zero-order chi connectivity index (χ0) is 22.8. The SMILES string of the molecule is C=C(COc1ccccc1)/C(=C/CO)C(O)CC/C(=C/c1cc(C)c(O)c(C)c1)CC. The number of rotatable bonds is 11. The number of allylic oxidation sites excluding steroid dienone is 1. The van der Waals surface area contributed by atoms with Crippen molar-refractivity contribution in [1.82, 2.24) is 0 Å². The molecule has 0 aliphatic rings. The van der Waals surface area contributed by atoms with Crippen molar-refractivity contribution in [2.24, 2.45) is 0 Å². The minimum atomic E-state index is -0.739. The second kappa shape index (κ2) is 12.1. The van der Waals surface area contributed by atoms with E-state index in [4.69, 9.17) is 4.74 Å². The summed E-state index contributed by atoms with van der Waals surface area (Å²) in [6.07, 6.45) is 5.08. The van der Waals surface area contributed by atoms with Crippen LogP contribution in [0.3, 0.4) is 0 Å². The van der Waals surface area contributed by atoms with Gasteiger partial charge in [0.05, 0.1) is 12.7 Å². The molecule has 4 nitrogen and oxygen atoms in total. The molecule has 0 fully saturated rings. The Morgan fingerprint density at radius 2 is 1.77 bits per heavy atom. The van der Waals surface area contributed by atoms with Crippen LogP contribution in [0.25, 0.3) is 6.08 Å². The number of aromatic hydroxyl groups is 1. The molecule has 166 valence electrons. The van der Waals surface area contributed by atoms with Crippen LogP contribution in [0.5, 0.6) is 11.5 Å². The van der Waals surface area contributed by atoms with Crippen LogP contribution in [0.15, 0.2) is 71.8 Å². The zero-order valence-electron chi connectivity index (χ0n) is 18.8. The molecule has 0 radical (unpaired) electrons. The van der Waals surface area contributed by atoms with Crippen LogP contribution in [0.1, 0.15) is 42.9 Å². The van der Waals surface area contributed by atoms with Crippen LogP contribution in [0.2, 0.25) is 0 Å². The molecule has 0 amide bonds. The van der Waals surface area contributed by atoms with Crippen LogP contribution in [0, 0.1) is 13.8 Å². The summed E-state index contributed by atoms with van der Waals surface area (Å²) in [6, 6.07) is 13.4. The van der Waals surface area contributed by atoms with E-state index < -0.39 is 6.10 Å². The molecule has 1 unspecified atom stereocenters. The van der Waals surface area contributed by atoms with E-state index in [9.17, 15) is 15.3 Å². The lowest BCUT2D eigenvalue weighted by molar-refractivity contribution is 0.198. The summed E-state index contributed by atoms with van der Waals surface area (Å²) >= 11 is 0. The topological polar surface area (TPSA) is 69.9 Å². The number of benzene rings is 2. The van der Waals surface area contributed by atoms with Gasteiger partial charge >= 0.3 is 0 Å². The Labute approximate surface area is 185 Å². The lowest BCUT2D eigenvalue weighted by Gasteiger charge is -2.19. The molecule has 0 aliphatic carbocycles. The fourth-order valence-corrected chi connectivity index (χ4v) is 3.52. The van der Waals surface area contributed by atoms with Gasteiger partial charge in [0.2, 0.25) is 0 Å². The first-order valence-corrected chi connectivity index (χ1v) is 10.7. The van der Waals surface area contributed by atoms with Crippen molar-refractivity contribution in [3.63, 3.8) is 0 Å². The first-order chi connectivity index (χ1) is 14.8. The van der Waals surface area contributed by atoms with E-state index in [2.05, 4.69) is 19.6 Å². The molecular weight excluding hydrogens is 388 g/mol. The number of aryl methyl sites for hydroxylation is 2. The number of phenols is 1. The summed E-state index contributed by atoms with van der Waals surface area (Å²) < 4.78 is 5.74. The number of hydrogen-bond acceptors (Lipinski definition) is 4. The van der Waals surface area contributed by atoms with E-state index >= 15 is 0 Å². The molecule has 0 aromatic heterocycles. The van der Waals surface area contributed by atoms with Gasteiger partial charge in [-0.1, -0.05) is 49.4 Å². The molecule has 2 aromatic rings.